The summed E-state index contributed by atoms with van der Waals surface area (Å²) in [5, 5.41) is 0.488. The van der Waals surface area contributed by atoms with E-state index in [1.54, 1.807) is 12.1 Å². The molecule has 4 nitrogen and oxygen atoms in total. The van der Waals surface area contributed by atoms with Gasteiger partial charge in [0.25, 0.3) is 0 Å². The SMILES string of the molecule is CC(C)Oc1c(I)cc(/C=C2\N=C(c3cc(I)ccc3Cl)OC2=O)cc1I. The monoisotopic (exact) mass is 719 g/mol. The van der Waals surface area contributed by atoms with E-state index in [1.165, 1.54) is 0 Å². The number of cyclic esters (lactones) is 1. The number of aliphatic imine (C=N–C) groups is 1. The molecule has 0 saturated heterocycles. The van der Waals surface area contributed by atoms with Crippen LogP contribution in [0.2, 0.25) is 5.02 Å². The van der Waals surface area contributed by atoms with Crippen molar-refractivity contribution in [3.05, 3.63) is 62.9 Å². The maximum atomic E-state index is 12.3. The van der Waals surface area contributed by atoms with E-state index >= 15 is 0 Å². The summed E-state index contributed by atoms with van der Waals surface area (Å²) in [4.78, 5) is 16.6. The van der Waals surface area contributed by atoms with Crippen molar-refractivity contribution in [2.45, 2.75) is 20.0 Å². The fourth-order valence-electron chi connectivity index (χ4n) is 2.35. The fourth-order valence-corrected chi connectivity index (χ4v) is 5.11. The third kappa shape index (κ3) is 5.15. The van der Waals surface area contributed by atoms with Crippen molar-refractivity contribution in [2.24, 2.45) is 4.99 Å². The highest BCUT2D eigenvalue weighted by Gasteiger charge is 2.26. The van der Waals surface area contributed by atoms with Gasteiger partial charge in [-0.15, -0.1) is 0 Å². The van der Waals surface area contributed by atoms with E-state index < -0.39 is 5.97 Å². The number of rotatable bonds is 4. The van der Waals surface area contributed by atoms with Gasteiger partial charge in [-0.05, 0) is 124 Å². The van der Waals surface area contributed by atoms with Gasteiger partial charge in [0.05, 0.1) is 23.8 Å². The van der Waals surface area contributed by atoms with Gasteiger partial charge in [0, 0.05) is 3.57 Å². The molecule has 27 heavy (non-hydrogen) atoms. The summed E-state index contributed by atoms with van der Waals surface area (Å²) in [6.45, 7) is 3.98. The van der Waals surface area contributed by atoms with E-state index in [0.717, 1.165) is 22.0 Å². The first-order valence-electron chi connectivity index (χ1n) is 7.88. The number of hydrogen-bond donors (Lipinski definition) is 0. The zero-order valence-electron chi connectivity index (χ0n) is 14.2. The Balaban J connectivity index is 1.96. The van der Waals surface area contributed by atoms with Gasteiger partial charge in [0.2, 0.25) is 5.90 Å². The van der Waals surface area contributed by atoms with Crippen molar-refractivity contribution in [1.29, 1.82) is 0 Å². The molecule has 0 aliphatic carbocycles. The Hall–Kier alpha value is -0.400. The predicted molar refractivity (Wildman–Crippen MR) is 132 cm³/mol. The summed E-state index contributed by atoms with van der Waals surface area (Å²) in [5.74, 6) is 0.573. The van der Waals surface area contributed by atoms with E-state index in [-0.39, 0.29) is 17.7 Å². The standard InChI is InChI=1S/C19H13ClI3NO3/c1-9(2)26-17-14(22)5-10(6-15(17)23)7-16-19(25)27-18(24-16)12-8-11(21)3-4-13(12)20/h3-9H,1-2H3/b16-7-. The van der Waals surface area contributed by atoms with E-state index in [1.807, 2.05) is 38.1 Å². The van der Waals surface area contributed by atoms with Crippen LogP contribution in [-0.4, -0.2) is 18.0 Å². The van der Waals surface area contributed by atoms with Crippen LogP contribution in [0.25, 0.3) is 6.08 Å². The number of benzene rings is 2. The molecule has 0 amide bonds. The summed E-state index contributed by atoms with van der Waals surface area (Å²) in [7, 11) is 0. The highest BCUT2D eigenvalue weighted by Crippen LogP contribution is 2.31. The van der Waals surface area contributed by atoms with Crippen LogP contribution in [0.15, 0.2) is 41.0 Å². The average Bonchev–Trinajstić information content (AvgIpc) is 2.93. The minimum Gasteiger partial charge on any atom is -0.489 e. The quantitative estimate of drug-likeness (QED) is 0.212. The van der Waals surface area contributed by atoms with Crippen molar-refractivity contribution in [3.63, 3.8) is 0 Å². The highest BCUT2D eigenvalue weighted by molar-refractivity contribution is 14.1. The minimum atomic E-state index is -0.493. The fraction of sp³-hybridized carbons (Fsp3) is 0.158. The second-order valence-corrected chi connectivity index (χ2v) is 9.92. The minimum absolute atomic E-state index is 0.0895. The van der Waals surface area contributed by atoms with Gasteiger partial charge in [-0.25, -0.2) is 9.79 Å². The lowest BCUT2D eigenvalue weighted by atomic mass is 10.2. The molecule has 0 atom stereocenters. The topological polar surface area (TPSA) is 47.9 Å². The Labute approximate surface area is 203 Å². The molecule has 1 heterocycles. The van der Waals surface area contributed by atoms with Gasteiger partial charge in [0.1, 0.15) is 5.75 Å². The molecule has 0 fully saturated rings. The van der Waals surface area contributed by atoms with Gasteiger partial charge in [-0.2, -0.15) is 0 Å². The van der Waals surface area contributed by atoms with Crippen LogP contribution in [0, 0.1) is 10.7 Å². The molecule has 2 aromatic carbocycles. The van der Waals surface area contributed by atoms with Crippen LogP contribution in [-0.2, 0) is 9.53 Å². The second-order valence-electron chi connectivity index (χ2n) is 5.94. The zero-order valence-corrected chi connectivity index (χ0v) is 21.5. The number of carbonyl (C=O) groups is 1. The first-order chi connectivity index (χ1) is 12.7. The average molecular weight is 719 g/mol. The van der Waals surface area contributed by atoms with Gasteiger partial charge < -0.3 is 9.47 Å². The van der Waals surface area contributed by atoms with Gasteiger partial charge in [-0.1, -0.05) is 11.6 Å². The van der Waals surface area contributed by atoms with Crippen LogP contribution >= 0.6 is 79.4 Å². The molecule has 0 bridgehead atoms. The van der Waals surface area contributed by atoms with Crippen molar-refractivity contribution >= 4 is 97.3 Å². The third-order valence-electron chi connectivity index (χ3n) is 3.46. The van der Waals surface area contributed by atoms with Crippen molar-refractivity contribution in [1.82, 2.24) is 0 Å². The van der Waals surface area contributed by atoms with Crippen LogP contribution in [0.1, 0.15) is 25.0 Å². The van der Waals surface area contributed by atoms with Crippen LogP contribution in [0.5, 0.6) is 5.75 Å². The molecule has 0 aromatic heterocycles. The van der Waals surface area contributed by atoms with Crippen LogP contribution in [0.4, 0.5) is 0 Å². The second kappa shape index (κ2) is 8.95. The maximum Gasteiger partial charge on any atom is 0.363 e. The lowest BCUT2D eigenvalue weighted by molar-refractivity contribution is -0.129. The normalized spacial score (nSPS) is 15.3. The Kier molecular flexibility index (Phi) is 7.07. The van der Waals surface area contributed by atoms with Gasteiger partial charge >= 0.3 is 5.97 Å². The Morgan fingerprint density at radius 3 is 2.44 bits per heavy atom. The molecule has 8 heteroatoms. The first-order valence-corrected chi connectivity index (χ1v) is 11.5. The predicted octanol–water partition coefficient (Wildman–Crippen LogP) is 6.29. The van der Waals surface area contributed by atoms with Gasteiger partial charge in [0.15, 0.2) is 5.70 Å². The lowest BCUT2D eigenvalue weighted by Gasteiger charge is -2.14. The molecule has 3 rings (SSSR count). The number of nitrogens with zero attached hydrogens (tertiary/aromatic N) is 1. The summed E-state index contributed by atoms with van der Waals surface area (Å²) in [6, 6.07) is 9.38. The number of hydrogen-bond acceptors (Lipinski definition) is 4. The highest BCUT2D eigenvalue weighted by atomic mass is 127. The van der Waals surface area contributed by atoms with E-state index in [9.17, 15) is 4.79 Å². The molecular weight excluding hydrogens is 706 g/mol. The summed E-state index contributed by atoms with van der Waals surface area (Å²) in [6.07, 6.45) is 1.80. The van der Waals surface area contributed by atoms with Crippen molar-refractivity contribution in [2.75, 3.05) is 0 Å². The van der Waals surface area contributed by atoms with E-state index in [0.29, 0.717) is 10.6 Å². The zero-order chi connectivity index (χ0) is 19.7. The van der Waals surface area contributed by atoms with Crippen molar-refractivity contribution in [3.8, 4) is 5.75 Å². The molecular formula is C19H13ClI3NO3. The molecule has 2 aromatic rings. The van der Waals surface area contributed by atoms with E-state index in [4.69, 9.17) is 21.1 Å². The molecule has 1 aliphatic rings. The van der Waals surface area contributed by atoms with Crippen LogP contribution < -0.4 is 4.74 Å². The van der Waals surface area contributed by atoms with E-state index in [2.05, 4.69) is 72.8 Å². The van der Waals surface area contributed by atoms with Crippen molar-refractivity contribution < 1.29 is 14.3 Å². The Morgan fingerprint density at radius 2 is 1.81 bits per heavy atom. The Bertz CT molecular complexity index is 963. The summed E-state index contributed by atoms with van der Waals surface area (Å²) < 4.78 is 14.1. The molecule has 0 unspecified atom stereocenters. The largest absolute Gasteiger partial charge is 0.489 e. The molecule has 0 saturated carbocycles. The maximum absolute atomic E-state index is 12.3. The molecule has 1 aliphatic heterocycles. The number of ether oxygens (including phenoxy) is 2. The third-order valence-corrected chi connectivity index (χ3v) is 6.06. The summed E-state index contributed by atoms with van der Waals surface area (Å²) >= 11 is 12.9. The number of carbonyl (C=O) groups excluding carboxylic acids is 1. The molecule has 0 radical (unpaired) electrons. The molecule has 0 spiro atoms. The van der Waals surface area contributed by atoms with Gasteiger partial charge in [-0.3, -0.25) is 0 Å². The first kappa shape index (κ1) is 21.3. The number of esters is 1. The summed E-state index contributed by atoms with van der Waals surface area (Å²) in [5.41, 5.74) is 1.69. The van der Waals surface area contributed by atoms with Crippen LogP contribution in [0.3, 0.4) is 0 Å². The molecule has 140 valence electrons. The Morgan fingerprint density at radius 1 is 1.15 bits per heavy atom. The number of halogens is 4. The lowest BCUT2D eigenvalue weighted by Crippen LogP contribution is -2.08. The molecule has 0 N–H and O–H groups in total. The smallest absolute Gasteiger partial charge is 0.363 e.